The summed E-state index contributed by atoms with van der Waals surface area (Å²) in [5.74, 6) is 0.762. The van der Waals surface area contributed by atoms with Crippen molar-refractivity contribution >= 4 is 11.7 Å². The highest BCUT2D eigenvalue weighted by Crippen LogP contribution is 2.38. The number of aryl methyl sites for hydroxylation is 1. The molecule has 0 radical (unpaired) electrons. The van der Waals surface area contributed by atoms with Crippen LogP contribution in [0.5, 0.6) is 0 Å². The molecule has 8 nitrogen and oxygen atoms in total. The monoisotopic (exact) mass is 469 g/mol. The molecule has 1 N–H and O–H groups in total. The van der Waals surface area contributed by atoms with Gasteiger partial charge in [0.15, 0.2) is 11.5 Å². The molecule has 1 aliphatic carbocycles. The molecule has 2 aliphatic heterocycles. The summed E-state index contributed by atoms with van der Waals surface area (Å²) in [7, 11) is 0. The fourth-order valence-corrected chi connectivity index (χ4v) is 4.81. The van der Waals surface area contributed by atoms with Crippen LogP contribution in [-0.4, -0.2) is 54.4 Å². The van der Waals surface area contributed by atoms with Gasteiger partial charge < -0.3 is 10.2 Å². The van der Waals surface area contributed by atoms with Crippen LogP contribution >= 0.6 is 0 Å². The van der Waals surface area contributed by atoms with Gasteiger partial charge in [-0.2, -0.15) is 13.2 Å². The van der Waals surface area contributed by atoms with Crippen molar-refractivity contribution in [1.82, 2.24) is 29.8 Å². The number of carbonyl (C=O) groups excluding carboxylic acids is 1. The second-order valence-electron chi connectivity index (χ2n) is 8.72. The lowest BCUT2D eigenvalue weighted by Gasteiger charge is -2.50. The smallest absolute Gasteiger partial charge is 0.364 e. The van der Waals surface area contributed by atoms with Crippen LogP contribution in [0.25, 0.3) is 11.5 Å². The van der Waals surface area contributed by atoms with Crippen LogP contribution < -0.4 is 5.32 Å². The molecule has 3 fully saturated rings. The average Bonchev–Trinajstić information content (AvgIpc) is 2.84. The predicted molar refractivity (Wildman–Crippen MR) is 117 cm³/mol. The molecule has 0 aromatic carbocycles. The molecule has 3 aliphatic rings. The third-order valence-corrected chi connectivity index (χ3v) is 6.35. The van der Waals surface area contributed by atoms with E-state index in [4.69, 9.17) is 0 Å². The van der Waals surface area contributed by atoms with Crippen LogP contribution in [0.4, 0.5) is 19.0 Å². The molecule has 1 saturated carbocycles. The van der Waals surface area contributed by atoms with Gasteiger partial charge in [-0.15, -0.1) is 0 Å². The van der Waals surface area contributed by atoms with Crippen LogP contribution in [0.15, 0.2) is 43.1 Å². The second kappa shape index (κ2) is 8.62. The fourth-order valence-electron chi connectivity index (χ4n) is 4.81. The second-order valence-corrected chi connectivity index (χ2v) is 8.72. The summed E-state index contributed by atoms with van der Waals surface area (Å²) in [5.41, 5.74) is 0.671. The van der Waals surface area contributed by atoms with Crippen molar-refractivity contribution in [2.45, 2.75) is 44.4 Å². The zero-order chi connectivity index (χ0) is 23.9. The lowest BCUT2D eigenvalue weighted by molar-refractivity contribution is -0.141. The van der Waals surface area contributed by atoms with Gasteiger partial charge in [0.25, 0.3) is 5.91 Å². The van der Waals surface area contributed by atoms with Crippen molar-refractivity contribution in [3.05, 3.63) is 59.9 Å². The largest absolute Gasteiger partial charge is 0.434 e. The molecule has 1 amide bonds. The molecule has 11 heteroatoms. The van der Waals surface area contributed by atoms with E-state index in [2.05, 4.69) is 30.2 Å². The summed E-state index contributed by atoms with van der Waals surface area (Å²) in [6.45, 7) is 2.48. The van der Waals surface area contributed by atoms with E-state index in [-0.39, 0.29) is 29.7 Å². The highest BCUT2D eigenvalue weighted by Gasteiger charge is 2.44. The molecule has 2 bridgehead atoms. The number of fused-ring (bicyclic) bond motifs is 3. The van der Waals surface area contributed by atoms with Crippen molar-refractivity contribution < 1.29 is 18.0 Å². The lowest BCUT2D eigenvalue weighted by Crippen LogP contribution is -2.59. The molecule has 34 heavy (non-hydrogen) atoms. The van der Waals surface area contributed by atoms with Crippen molar-refractivity contribution in [2.75, 3.05) is 11.9 Å². The number of nitrogens with zero attached hydrogens (tertiary/aromatic N) is 6. The van der Waals surface area contributed by atoms with E-state index < -0.39 is 11.9 Å². The Labute approximate surface area is 193 Å². The normalized spacial score (nSPS) is 22.0. The van der Waals surface area contributed by atoms with E-state index in [1.807, 2.05) is 11.8 Å². The number of hydrogen-bond donors (Lipinski definition) is 1. The fraction of sp³-hybridized carbons (Fsp3) is 0.391. The number of nitrogens with one attached hydrogen (secondary N) is 1. The SMILES string of the molecule is Cc1cnc(-c2ncccn2)c(C(=O)N2CC3CCC2C(Nc2cnc(C(F)(F)F)cn2)C3)c1. The average molecular weight is 469 g/mol. The van der Waals surface area contributed by atoms with E-state index in [1.54, 1.807) is 30.7 Å². The van der Waals surface area contributed by atoms with Gasteiger partial charge in [-0.25, -0.2) is 19.9 Å². The predicted octanol–water partition coefficient (Wildman–Crippen LogP) is 3.76. The van der Waals surface area contributed by atoms with E-state index in [0.29, 0.717) is 23.6 Å². The maximum absolute atomic E-state index is 13.7. The standard InChI is InChI=1S/C23H22F3N7O/c1-13-7-15(20(31-9-13)21-27-5-2-6-28-21)22(34)33-12-14-3-4-17(33)16(8-14)32-19-11-29-18(10-30-19)23(24,25)26/h2,5-7,9-11,14,16-17H,3-4,8,12H2,1H3,(H,30,32). The van der Waals surface area contributed by atoms with Crippen molar-refractivity contribution in [3.63, 3.8) is 0 Å². The van der Waals surface area contributed by atoms with E-state index in [0.717, 1.165) is 37.2 Å². The van der Waals surface area contributed by atoms with Gasteiger partial charge in [-0.1, -0.05) is 0 Å². The molecule has 3 aromatic rings. The third kappa shape index (κ3) is 4.29. The number of carbonyl (C=O) groups is 1. The molecule has 176 valence electrons. The zero-order valence-corrected chi connectivity index (χ0v) is 18.3. The Bertz CT molecular complexity index is 1190. The van der Waals surface area contributed by atoms with Crippen molar-refractivity contribution in [1.29, 1.82) is 0 Å². The minimum absolute atomic E-state index is 0.133. The molecule has 2 saturated heterocycles. The first-order valence-electron chi connectivity index (χ1n) is 11.0. The Kier molecular flexibility index (Phi) is 5.62. The third-order valence-electron chi connectivity index (χ3n) is 6.35. The number of alkyl halides is 3. The Hall–Kier alpha value is -3.63. The van der Waals surface area contributed by atoms with Gasteiger partial charge in [0.1, 0.15) is 11.5 Å². The van der Waals surface area contributed by atoms with Gasteiger partial charge in [0, 0.05) is 31.2 Å². The minimum atomic E-state index is -4.54. The summed E-state index contributed by atoms with van der Waals surface area (Å²) in [6.07, 6.45) is 4.74. The maximum Gasteiger partial charge on any atom is 0.434 e. The van der Waals surface area contributed by atoms with Crippen LogP contribution in [0.1, 0.15) is 40.9 Å². The highest BCUT2D eigenvalue weighted by molar-refractivity contribution is 5.99. The number of rotatable bonds is 4. The number of aromatic nitrogens is 5. The molecule has 3 atom stereocenters. The minimum Gasteiger partial charge on any atom is -0.364 e. The molecule has 3 unspecified atom stereocenters. The number of pyridine rings is 1. The van der Waals surface area contributed by atoms with Gasteiger partial charge in [0.2, 0.25) is 0 Å². The van der Waals surface area contributed by atoms with Crippen LogP contribution in [0.3, 0.4) is 0 Å². The maximum atomic E-state index is 13.7. The van der Waals surface area contributed by atoms with Gasteiger partial charge in [0.05, 0.1) is 24.0 Å². The topological polar surface area (TPSA) is 96.8 Å². The van der Waals surface area contributed by atoms with Crippen LogP contribution in [0.2, 0.25) is 0 Å². The molecular weight excluding hydrogens is 447 g/mol. The quantitative estimate of drug-likeness (QED) is 0.621. The molecule has 5 heterocycles. The Balaban J connectivity index is 1.40. The zero-order valence-electron chi connectivity index (χ0n) is 18.3. The van der Waals surface area contributed by atoms with Crippen LogP contribution in [0, 0.1) is 12.8 Å². The van der Waals surface area contributed by atoms with E-state index in [1.165, 1.54) is 0 Å². The molecule has 3 aromatic heterocycles. The van der Waals surface area contributed by atoms with E-state index in [9.17, 15) is 18.0 Å². The van der Waals surface area contributed by atoms with Crippen molar-refractivity contribution in [2.24, 2.45) is 5.92 Å². The summed E-state index contributed by atoms with van der Waals surface area (Å²) in [4.78, 5) is 35.9. The summed E-state index contributed by atoms with van der Waals surface area (Å²) in [5, 5.41) is 3.21. The Morgan fingerprint density at radius 3 is 2.53 bits per heavy atom. The van der Waals surface area contributed by atoms with E-state index >= 15 is 0 Å². The molecule has 6 rings (SSSR count). The first kappa shape index (κ1) is 22.2. The first-order chi connectivity index (χ1) is 16.3. The number of amides is 1. The molecular formula is C23H22F3N7O. The van der Waals surface area contributed by atoms with Gasteiger partial charge in [-0.05, 0) is 49.8 Å². The number of anilines is 1. The van der Waals surface area contributed by atoms with Crippen molar-refractivity contribution in [3.8, 4) is 11.5 Å². The first-order valence-corrected chi connectivity index (χ1v) is 11.0. The number of hydrogen-bond acceptors (Lipinski definition) is 7. The number of piperidine rings is 2. The Morgan fingerprint density at radius 1 is 1.06 bits per heavy atom. The number of halogens is 3. The highest BCUT2D eigenvalue weighted by atomic mass is 19.4. The lowest BCUT2D eigenvalue weighted by atomic mass is 9.76. The summed E-state index contributed by atoms with van der Waals surface area (Å²) < 4.78 is 38.4. The Morgan fingerprint density at radius 2 is 1.85 bits per heavy atom. The summed E-state index contributed by atoms with van der Waals surface area (Å²) in [6, 6.07) is 3.22. The van der Waals surface area contributed by atoms with Gasteiger partial charge >= 0.3 is 6.18 Å². The van der Waals surface area contributed by atoms with Crippen LogP contribution in [-0.2, 0) is 6.18 Å². The summed E-state index contributed by atoms with van der Waals surface area (Å²) >= 11 is 0. The molecule has 0 spiro atoms. The van der Waals surface area contributed by atoms with Gasteiger partial charge in [-0.3, -0.25) is 9.78 Å².